The highest BCUT2D eigenvalue weighted by atomic mass is 32.2. The number of hydrogen-bond donors (Lipinski definition) is 3. The average Bonchev–Trinajstić information content (AvgIpc) is 2.34. The summed E-state index contributed by atoms with van der Waals surface area (Å²) in [5.41, 5.74) is -0.000162. The van der Waals surface area contributed by atoms with Gasteiger partial charge in [0.05, 0.1) is 11.0 Å². The third-order valence-corrected chi connectivity index (χ3v) is 3.67. The zero-order valence-corrected chi connectivity index (χ0v) is 11.7. The van der Waals surface area contributed by atoms with E-state index in [0.717, 1.165) is 12.3 Å². The third kappa shape index (κ3) is 4.04. The number of sulfone groups is 1. The van der Waals surface area contributed by atoms with Crippen molar-refractivity contribution in [1.82, 2.24) is 5.32 Å². The number of aliphatic carboxylic acids is 1. The number of carboxylic acid groups (broad SMARTS) is 1. The molecule has 0 radical (unpaired) electrons. The normalized spacial score (nSPS) is 14.3. The summed E-state index contributed by atoms with van der Waals surface area (Å²) >= 11 is 0. The zero-order valence-electron chi connectivity index (χ0n) is 10.9. The second kappa shape index (κ2) is 6.02. The molecule has 7 nitrogen and oxygen atoms in total. The molecule has 20 heavy (non-hydrogen) atoms. The molecule has 0 spiro atoms. The molecule has 0 saturated carbocycles. The molecule has 8 heteroatoms. The van der Waals surface area contributed by atoms with Crippen molar-refractivity contribution in [1.29, 1.82) is 0 Å². The summed E-state index contributed by atoms with van der Waals surface area (Å²) in [6.07, 6.45) is -0.283. The fourth-order valence-electron chi connectivity index (χ4n) is 1.48. The second-order valence-corrected chi connectivity index (χ2v) is 6.35. The van der Waals surface area contributed by atoms with Crippen molar-refractivity contribution in [3.05, 3.63) is 29.8 Å². The van der Waals surface area contributed by atoms with Crippen molar-refractivity contribution in [2.24, 2.45) is 0 Å². The molecule has 2 unspecified atom stereocenters. The molecule has 0 aliphatic heterocycles. The number of rotatable bonds is 5. The SMILES string of the molecule is CC(O)C(NC(=O)c1cccc(S(C)(=O)=O)c1)C(=O)O. The number of aliphatic hydroxyl groups is 1. The highest BCUT2D eigenvalue weighted by Crippen LogP contribution is 2.11. The van der Waals surface area contributed by atoms with Crippen molar-refractivity contribution in [2.75, 3.05) is 6.26 Å². The molecule has 0 aliphatic rings. The first-order valence-electron chi connectivity index (χ1n) is 5.65. The minimum Gasteiger partial charge on any atom is -0.480 e. The first-order valence-corrected chi connectivity index (χ1v) is 7.54. The van der Waals surface area contributed by atoms with Crippen LogP contribution in [0.1, 0.15) is 17.3 Å². The fourth-order valence-corrected chi connectivity index (χ4v) is 2.15. The van der Waals surface area contributed by atoms with Crippen molar-refractivity contribution in [3.63, 3.8) is 0 Å². The van der Waals surface area contributed by atoms with Gasteiger partial charge in [-0.2, -0.15) is 0 Å². The number of aliphatic hydroxyl groups excluding tert-OH is 1. The summed E-state index contributed by atoms with van der Waals surface area (Å²) in [4.78, 5) is 22.7. The highest BCUT2D eigenvalue weighted by molar-refractivity contribution is 7.90. The van der Waals surface area contributed by atoms with E-state index >= 15 is 0 Å². The van der Waals surface area contributed by atoms with Crippen LogP contribution in [-0.2, 0) is 14.6 Å². The highest BCUT2D eigenvalue weighted by Gasteiger charge is 2.25. The Balaban J connectivity index is 3.01. The van der Waals surface area contributed by atoms with Crippen molar-refractivity contribution < 1.29 is 28.2 Å². The predicted molar refractivity (Wildman–Crippen MR) is 70.1 cm³/mol. The molecular formula is C12H15NO6S. The van der Waals surface area contributed by atoms with E-state index < -0.39 is 33.9 Å². The molecule has 0 saturated heterocycles. The van der Waals surface area contributed by atoms with Crippen LogP contribution in [0.25, 0.3) is 0 Å². The van der Waals surface area contributed by atoms with Crippen molar-refractivity contribution in [2.45, 2.75) is 24.0 Å². The Labute approximate surface area is 116 Å². The van der Waals surface area contributed by atoms with Gasteiger partial charge in [-0.05, 0) is 25.1 Å². The van der Waals surface area contributed by atoms with Crippen molar-refractivity contribution >= 4 is 21.7 Å². The minimum atomic E-state index is -3.47. The molecule has 0 bridgehead atoms. The monoisotopic (exact) mass is 301 g/mol. The number of carboxylic acids is 1. The van der Waals surface area contributed by atoms with Gasteiger partial charge in [0.2, 0.25) is 0 Å². The van der Waals surface area contributed by atoms with Gasteiger partial charge >= 0.3 is 5.97 Å². The minimum absolute atomic E-state index is 0.000162. The first-order chi connectivity index (χ1) is 9.12. The summed E-state index contributed by atoms with van der Waals surface area (Å²) in [6, 6.07) is 3.74. The molecule has 1 rings (SSSR count). The number of amides is 1. The van der Waals surface area contributed by atoms with E-state index in [1.54, 1.807) is 0 Å². The van der Waals surface area contributed by atoms with E-state index in [1.165, 1.54) is 25.1 Å². The summed E-state index contributed by atoms with van der Waals surface area (Å²) in [6.45, 7) is 1.23. The number of carbonyl (C=O) groups excluding carboxylic acids is 1. The number of carbonyl (C=O) groups is 2. The van der Waals surface area contributed by atoms with E-state index in [9.17, 15) is 23.1 Å². The quantitative estimate of drug-likeness (QED) is 0.684. The molecule has 0 aliphatic carbocycles. The van der Waals surface area contributed by atoms with Crippen LogP contribution in [0.5, 0.6) is 0 Å². The number of nitrogens with one attached hydrogen (secondary N) is 1. The Hall–Kier alpha value is -1.93. The van der Waals surface area contributed by atoms with Crippen LogP contribution in [0.2, 0.25) is 0 Å². The van der Waals surface area contributed by atoms with Gasteiger partial charge in [-0.1, -0.05) is 6.07 Å². The Bertz CT molecular complexity index is 623. The average molecular weight is 301 g/mol. The lowest BCUT2D eigenvalue weighted by Gasteiger charge is -2.17. The summed E-state index contributed by atoms with van der Waals surface area (Å²) in [5.74, 6) is -2.16. The summed E-state index contributed by atoms with van der Waals surface area (Å²) in [5, 5.41) is 20.3. The molecule has 1 aromatic rings. The lowest BCUT2D eigenvalue weighted by atomic mass is 10.1. The maximum atomic E-state index is 11.9. The summed E-state index contributed by atoms with van der Waals surface area (Å²) in [7, 11) is -3.47. The molecule has 1 aromatic carbocycles. The fraction of sp³-hybridized carbons (Fsp3) is 0.333. The largest absolute Gasteiger partial charge is 0.480 e. The zero-order chi connectivity index (χ0) is 15.5. The van der Waals surface area contributed by atoms with Gasteiger partial charge in [0.1, 0.15) is 0 Å². The van der Waals surface area contributed by atoms with Gasteiger partial charge in [-0.25, -0.2) is 13.2 Å². The van der Waals surface area contributed by atoms with Crippen LogP contribution in [0, 0.1) is 0 Å². The Morgan fingerprint density at radius 2 is 1.90 bits per heavy atom. The molecule has 3 N–H and O–H groups in total. The Morgan fingerprint density at radius 1 is 1.30 bits per heavy atom. The van der Waals surface area contributed by atoms with Crippen LogP contribution >= 0.6 is 0 Å². The van der Waals surface area contributed by atoms with E-state index in [4.69, 9.17) is 5.11 Å². The maximum Gasteiger partial charge on any atom is 0.328 e. The predicted octanol–water partition coefficient (Wildman–Crippen LogP) is -0.346. The van der Waals surface area contributed by atoms with Crippen LogP contribution in [0.15, 0.2) is 29.2 Å². The smallest absolute Gasteiger partial charge is 0.328 e. The molecule has 0 aromatic heterocycles. The van der Waals surface area contributed by atoms with Crippen LogP contribution in [-0.4, -0.2) is 48.9 Å². The maximum absolute atomic E-state index is 11.9. The Morgan fingerprint density at radius 3 is 2.35 bits per heavy atom. The summed E-state index contributed by atoms with van der Waals surface area (Å²) < 4.78 is 22.8. The van der Waals surface area contributed by atoms with Gasteiger partial charge < -0.3 is 15.5 Å². The molecule has 1 amide bonds. The van der Waals surface area contributed by atoms with E-state index in [1.807, 2.05) is 0 Å². The van der Waals surface area contributed by atoms with Crippen molar-refractivity contribution in [3.8, 4) is 0 Å². The standard InChI is InChI=1S/C12H15NO6S/c1-7(14)10(12(16)17)13-11(15)8-4-3-5-9(6-8)20(2,18)19/h3-7,10,14H,1-2H3,(H,13,15)(H,16,17). The second-order valence-electron chi connectivity index (χ2n) is 4.33. The molecular weight excluding hydrogens is 286 g/mol. The topological polar surface area (TPSA) is 121 Å². The lowest BCUT2D eigenvalue weighted by molar-refractivity contribution is -0.141. The van der Waals surface area contributed by atoms with Gasteiger partial charge in [0, 0.05) is 11.8 Å². The third-order valence-electron chi connectivity index (χ3n) is 2.56. The van der Waals surface area contributed by atoms with Gasteiger partial charge in [0.15, 0.2) is 15.9 Å². The molecule has 0 heterocycles. The van der Waals surface area contributed by atoms with E-state index in [2.05, 4.69) is 5.32 Å². The van der Waals surface area contributed by atoms with E-state index in [-0.39, 0.29) is 10.5 Å². The number of benzene rings is 1. The molecule has 0 fully saturated rings. The van der Waals surface area contributed by atoms with E-state index in [0.29, 0.717) is 0 Å². The van der Waals surface area contributed by atoms with Crippen LogP contribution < -0.4 is 5.32 Å². The van der Waals surface area contributed by atoms with Gasteiger partial charge in [-0.15, -0.1) is 0 Å². The van der Waals surface area contributed by atoms with Crippen LogP contribution in [0.4, 0.5) is 0 Å². The molecule has 2 atom stereocenters. The van der Waals surface area contributed by atoms with Gasteiger partial charge in [-0.3, -0.25) is 4.79 Å². The van der Waals surface area contributed by atoms with Gasteiger partial charge in [0.25, 0.3) is 5.91 Å². The first kappa shape index (κ1) is 16.1. The number of hydrogen-bond acceptors (Lipinski definition) is 5. The molecule has 110 valence electrons. The van der Waals surface area contributed by atoms with Crippen LogP contribution in [0.3, 0.4) is 0 Å². The Kier molecular flexibility index (Phi) is 4.85. The lowest BCUT2D eigenvalue weighted by Crippen LogP contribution is -2.47.